The smallest absolute Gasteiger partial charge is 0.256 e. The van der Waals surface area contributed by atoms with Crippen molar-refractivity contribution in [2.45, 2.75) is 33.6 Å². The van der Waals surface area contributed by atoms with Crippen LogP contribution in [0.2, 0.25) is 0 Å². The second kappa shape index (κ2) is 7.97. The molecule has 2 unspecified atom stereocenters. The first-order valence-corrected chi connectivity index (χ1v) is 11.5. The first kappa shape index (κ1) is 21.6. The Bertz CT molecular complexity index is 1180. The molecule has 4 bridgehead atoms. The summed E-state index contributed by atoms with van der Waals surface area (Å²) in [6.45, 7) is 7.37. The van der Waals surface area contributed by atoms with Crippen molar-refractivity contribution in [3.8, 4) is 0 Å². The van der Waals surface area contributed by atoms with E-state index in [4.69, 9.17) is 0 Å². The minimum atomic E-state index is -0.475. The van der Waals surface area contributed by atoms with Gasteiger partial charge in [0.1, 0.15) is 17.2 Å². The molecule has 0 saturated heterocycles. The molecule has 0 aromatic carbocycles. The highest BCUT2D eigenvalue weighted by Crippen LogP contribution is 2.54. The standard InChI is InChI=1S/C24H29FN6O2/c1-14-5-4-7-26-18-6-8-31-21(29-18)17(10-28-31)22(32)27-12-24(2,3)13-30-11-15(25)9-16-19(14)20(16)23(30)33/h6,8-11,14,19-20H,4-5,7,12-13H2,1-3H3,(H,26,29)(H,27,32)/t14?,19?,20-/m0/s1. The van der Waals surface area contributed by atoms with E-state index in [1.54, 1.807) is 10.7 Å². The van der Waals surface area contributed by atoms with Gasteiger partial charge in [-0.1, -0.05) is 20.8 Å². The molecule has 2 amide bonds. The van der Waals surface area contributed by atoms with Crippen LogP contribution in [0.15, 0.2) is 42.1 Å². The normalized spacial score (nSPS) is 27.6. The first-order valence-electron chi connectivity index (χ1n) is 11.5. The van der Waals surface area contributed by atoms with Crippen molar-refractivity contribution in [2.24, 2.45) is 23.2 Å². The average Bonchev–Trinajstić information content (AvgIpc) is 3.33. The second-order valence-corrected chi connectivity index (χ2v) is 10.2. The fourth-order valence-corrected chi connectivity index (χ4v) is 5.03. The average molecular weight is 453 g/mol. The summed E-state index contributed by atoms with van der Waals surface area (Å²) in [5.74, 6) is 0.0741. The lowest BCUT2D eigenvalue weighted by molar-refractivity contribution is -0.131. The Morgan fingerprint density at radius 2 is 2.06 bits per heavy atom. The third-order valence-corrected chi connectivity index (χ3v) is 6.82. The number of hydrogen-bond donors (Lipinski definition) is 2. The summed E-state index contributed by atoms with van der Waals surface area (Å²) in [5.41, 5.74) is 1.30. The molecule has 5 rings (SSSR count). The third kappa shape index (κ3) is 4.12. The monoisotopic (exact) mass is 452 g/mol. The Morgan fingerprint density at radius 3 is 2.88 bits per heavy atom. The zero-order chi connectivity index (χ0) is 23.3. The van der Waals surface area contributed by atoms with Crippen molar-refractivity contribution in [3.63, 3.8) is 0 Å². The van der Waals surface area contributed by atoms with Gasteiger partial charge in [-0.25, -0.2) is 13.9 Å². The molecule has 0 spiro atoms. The summed E-state index contributed by atoms with van der Waals surface area (Å²) in [7, 11) is 0. The molecule has 3 aliphatic rings. The van der Waals surface area contributed by atoms with Crippen LogP contribution >= 0.6 is 0 Å². The van der Waals surface area contributed by atoms with Gasteiger partial charge in [0.15, 0.2) is 5.65 Å². The lowest BCUT2D eigenvalue weighted by Crippen LogP contribution is -2.43. The van der Waals surface area contributed by atoms with Gasteiger partial charge in [-0.2, -0.15) is 5.10 Å². The topological polar surface area (TPSA) is 91.6 Å². The van der Waals surface area contributed by atoms with Crippen LogP contribution in [-0.2, 0) is 4.79 Å². The van der Waals surface area contributed by atoms with Crippen LogP contribution in [0.1, 0.15) is 44.0 Å². The lowest BCUT2D eigenvalue weighted by Gasteiger charge is -2.31. The van der Waals surface area contributed by atoms with Crippen molar-refractivity contribution in [1.82, 2.24) is 24.8 Å². The van der Waals surface area contributed by atoms with E-state index < -0.39 is 11.2 Å². The fourth-order valence-electron chi connectivity index (χ4n) is 5.03. The van der Waals surface area contributed by atoms with Crippen LogP contribution in [0.5, 0.6) is 0 Å². The molecule has 1 aliphatic carbocycles. The summed E-state index contributed by atoms with van der Waals surface area (Å²) < 4.78 is 16.2. The summed E-state index contributed by atoms with van der Waals surface area (Å²) in [6.07, 6.45) is 7.93. The van der Waals surface area contributed by atoms with E-state index in [1.165, 1.54) is 23.4 Å². The number of halogens is 1. The van der Waals surface area contributed by atoms with Gasteiger partial charge in [-0.05, 0) is 42.4 Å². The molecule has 2 aromatic heterocycles. The maximum Gasteiger partial charge on any atom is 0.256 e. The highest BCUT2D eigenvalue weighted by atomic mass is 19.1. The van der Waals surface area contributed by atoms with Crippen molar-refractivity contribution in [2.75, 3.05) is 25.0 Å². The minimum absolute atomic E-state index is 0.0538. The largest absolute Gasteiger partial charge is 0.370 e. The summed E-state index contributed by atoms with van der Waals surface area (Å²) >= 11 is 0. The molecular weight excluding hydrogens is 423 g/mol. The molecular formula is C24H29FN6O2. The SMILES string of the molecule is CC1CCCNc2ccn3ncc(c3n2)C(=O)NCC(C)(C)CN2C=C(F)C=C3C1[C@H]3C2=O. The Labute approximate surface area is 191 Å². The molecule has 174 valence electrons. The Balaban J connectivity index is 1.45. The summed E-state index contributed by atoms with van der Waals surface area (Å²) in [5, 5.41) is 10.5. The van der Waals surface area contributed by atoms with Gasteiger partial charge < -0.3 is 15.5 Å². The number of allylic oxidation sites excluding steroid dienone is 2. The number of rotatable bonds is 0. The molecule has 2 aromatic rings. The zero-order valence-electron chi connectivity index (χ0n) is 19.1. The van der Waals surface area contributed by atoms with Crippen molar-refractivity contribution in [3.05, 3.63) is 47.7 Å². The van der Waals surface area contributed by atoms with Crippen LogP contribution < -0.4 is 10.6 Å². The minimum Gasteiger partial charge on any atom is -0.370 e. The lowest BCUT2D eigenvalue weighted by atomic mass is 9.92. The van der Waals surface area contributed by atoms with Crippen molar-refractivity contribution < 1.29 is 14.0 Å². The molecule has 1 fully saturated rings. The van der Waals surface area contributed by atoms with E-state index in [2.05, 4.69) is 27.6 Å². The summed E-state index contributed by atoms with van der Waals surface area (Å²) in [4.78, 5) is 32.3. The number of hydrogen-bond acceptors (Lipinski definition) is 5. The van der Waals surface area contributed by atoms with Gasteiger partial charge in [-0.3, -0.25) is 9.59 Å². The third-order valence-electron chi connectivity index (χ3n) is 6.82. The quantitative estimate of drug-likeness (QED) is 0.641. The number of amides is 2. The molecule has 9 heteroatoms. The van der Waals surface area contributed by atoms with E-state index in [9.17, 15) is 14.0 Å². The van der Waals surface area contributed by atoms with Gasteiger partial charge >= 0.3 is 0 Å². The zero-order valence-corrected chi connectivity index (χ0v) is 19.1. The number of anilines is 1. The number of nitrogens with one attached hydrogen (secondary N) is 2. The van der Waals surface area contributed by atoms with Gasteiger partial charge in [0, 0.05) is 37.4 Å². The predicted octanol–water partition coefficient (Wildman–Crippen LogP) is 3.15. The second-order valence-electron chi connectivity index (χ2n) is 10.2. The Kier molecular flexibility index (Phi) is 5.22. The molecule has 3 atom stereocenters. The maximum atomic E-state index is 14.6. The molecule has 2 aliphatic heterocycles. The van der Waals surface area contributed by atoms with E-state index >= 15 is 0 Å². The number of nitrogens with zero attached hydrogens (tertiary/aromatic N) is 4. The number of carbonyl (C=O) groups is 2. The molecule has 4 heterocycles. The summed E-state index contributed by atoms with van der Waals surface area (Å²) in [6, 6.07) is 1.83. The van der Waals surface area contributed by atoms with Crippen molar-refractivity contribution >= 4 is 23.3 Å². The number of fused-ring (bicyclic) bond motifs is 3. The van der Waals surface area contributed by atoms with Crippen molar-refractivity contribution in [1.29, 1.82) is 0 Å². The van der Waals surface area contributed by atoms with Crippen LogP contribution in [0.3, 0.4) is 0 Å². The highest BCUT2D eigenvalue weighted by molar-refractivity contribution is 5.99. The van der Waals surface area contributed by atoms with E-state index in [-0.39, 0.29) is 29.6 Å². The molecule has 2 N–H and O–H groups in total. The molecule has 1 saturated carbocycles. The molecule has 8 nitrogen and oxygen atoms in total. The van der Waals surface area contributed by atoms with E-state index in [1.807, 2.05) is 19.9 Å². The van der Waals surface area contributed by atoms with Gasteiger partial charge in [-0.15, -0.1) is 0 Å². The number of carbonyl (C=O) groups excluding carboxylic acids is 2. The van der Waals surface area contributed by atoms with Gasteiger partial charge in [0.25, 0.3) is 5.91 Å². The van der Waals surface area contributed by atoms with Gasteiger partial charge in [0.2, 0.25) is 5.91 Å². The molecule has 0 radical (unpaired) electrons. The fraction of sp³-hybridized carbons (Fsp3) is 0.500. The first-order chi connectivity index (χ1) is 15.7. The van der Waals surface area contributed by atoms with E-state index in [0.717, 1.165) is 18.4 Å². The Morgan fingerprint density at radius 1 is 1.24 bits per heavy atom. The van der Waals surface area contributed by atoms with Crippen LogP contribution in [0, 0.1) is 23.2 Å². The van der Waals surface area contributed by atoms with E-state index in [0.29, 0.717) is 36.7 Å². The molecule has 33 heavy (non-hydrogen) atoms. The Hall–Kier alpha value is -3.23. The highest BCUT2D eigenvalue weighted by Gasteiger charge is 2.54. The maximum absolute atomic E-state index is 14.6. The van der Waals surface area contributed by atoms with Gasteiger partial charge in [0.05, 0.1) is 12.1 Å². The van der Waals surface area contributed by atoms with Crippen LogP contribution in [0.25, 0.3) is 5.65 Å². The number of aromatic nitrogens is 3. The predicted molar refractivity (Wildman–Crippen MR) is 122 cm³/mol. The van der Waals surface area contributed by atoms with Crippen LogP contribution in [-0.4, -0.2) is 50.9 Å². The van der Waals surface area contributed by atoms with Crippen LogP contribution in [0.4, 0.5) is 10.2 Å².